The summed E-state index contributed by atoms with van der Waals surface area (Å²) in [6, 6.07) is 8.84. The lowest BCUT2D eigenvalue weighted by atomic mass is 10.1. The van der Waals surface area contributed by atoms with Gasteiger partial charge in [0.2, 0.25) is 10.0 Å². The Bertz CT molecular complexity index is 927. The van der Waals surface area contributed by atoms with Gasteiger partial charge in [-0.3, -0.25) is 4.79 Å². The van der Waals surface area contributed by atoms with Crippen molar-refractivity contribution in [1.82, 2.24) is 4.31 Å². The van der Waals surface area contributed by atoms with E-state index < -0.39 is 27.6 Å². The van der Waals surface area contributed by atoms with Crippen molar-refractivity contribution in [2.45, 2.75) is 5.75 Å². The van der Waals surface area contributed by atoms with E-state index in [0.29, 0.717) is 37.9 Å². The second kappa shape index (κ2) is 8.12. The summed E-state index contributed by atoms with van der Waals surface area (Å²) in [6.07, 6.45) is 0. The molecule has 1 heterocycles. The summed E-state index contributed by atoms with van der Waals surface area (Å²) in [4.78, 5) is 12.2. The molecule has 9 heteroatoms. The van der Waals surface area contributed by atoms with Crippen LogP contribution >= 0.6 is 0 Å². The Morgan fingerprint density at radius 1 is 1.07 bits per heavy atom. The molecule has 144 valence electrons. The van der Waals surface area contributed by atoms with Crippen LogP contribution in [0.4, 0.5) is 14.5 Å². The van der Waals surface area contributed by atoms with E-state index in [2.05, 4.69) is 5.32 Å². The van der Waals surface area contributed by atoms with Crippen LogP contribution < -0.4 is 5.32 Å². The zero-order valence-electron chi connectivity index (χ0n) is 14.3. The number of hydrogen-bond acceptors (Lipinski definition) is 4. The molecule has 0 bridgehead atoms. The maximum absolute atomic E-state index is 13.6. The van der Waals surface area contributed by atoms with Crippen LogP contribution in [0.15, 0.2) is 42.5 Å². The Morgan fingerprint density at radius 3 is 2.37 bits per heavy atom. The minimum atomic E-state index is -3.46. The highest BCUT2D eigenvalue weighted by molar-refractivity contribution is 7.88. The minimum absolute atomic E-state index is 0.139. The maximum Gasteiger partial charge on any atom is 0.255 e. The van der Waals surface area contributed by atoms with Crippen LogP contribution in [0, 0.1) is 11.6 Å². The van der Waals surface area contributed by atoms with E-state index in [4.69, 9.17) is 4.74 Å². The molecule has 0 aromatic heterocycles. The second-order valence-electron chi connectivity index (χ2n) is 6.04. The third kappa shape index (κ3) is 4.88. The molecule has 1 aliphatic rings. The Labute approximate surface area is 155 Å². The van der Waals surface area contributed by atoms with E-state index in [1.807, 2.05) is 0 Å². The van der Waals surface area contributed by atoms with Crippen LogP contribution in [0.3, 0.4) is 0 Å². The quantitative estimate of drug-likeness (QED) is 0.842. The van der Waals surface area contributed by atoms with Gasteiger partial charge >= 0.3 is 0 Å². The number of carbonyl (C=O) groups is 1. The Balaban J connectivity index is 1.66. The molecule has 2 aromatic carbocycles. The number of carbonyl (C=O) groups excluding carboxylic acids is 1. The number of nitrogens with zero attached hydrogens (tertiary/aromatic N) is 1. The number of sulfonamides is 1. The predicted octanol–water partition coefficient (Wildman–Crippen LogP) is 2.38. The average Bonchev–Trinajstić information content (AvgIpc) is 2.65. The molecule has 0 atom stereocenters. The summed E-state index contributed by atoms with van der Waals surface area (Å²) in [5.41, 5.74) is 0.623. The highest BCUT2D eigenvalue weighted by Gasteiger charge is 2.24. The first kappa shape index (κ1) is 19.4. The van der Waals surface area contributed by atoms with Crippen molar-refractivity contribution < 1.29 is 26.7 Å². The topological polar surface area (TPSA) is 75.7 Å². The van der Waals surface area contributed by atoms with Gasteiger partial charge in [-0.1, -0.05) is 12.1 Å². The number of anilines is 1. The molecule has 0 saturated carbocycles. The second-order valence-corrected chi connectivity index (χ2v) is 8.01. The van der Waals surface area contributed by atoms with Gasteiger partial charge in [-0.05, 0) is 29.8 Å². The number of amides is 1. The van der Waals surface area contributed by atoms with Crippen LogP contribution in [-0.2, 0) is 20.5 Å². The smallest absolute Gasteiger partial charge is 0.255 e. The predicted molar refractivity (Wildman–Crippen MR) is 95.8 cm³/mol. The van der Waals surface area contributed by atoms with Crippen LogP contribution in [0.1, 0.15) is 15.9 Å². The molecule has 1 fully saturated rings. The normalized spacial score (nSPS) is 15.5. The standard InChI is InChI=1S/C18H18F2N2O4S/c19-15-5-6-17(16(20)11-15)21-18(23)14-3-1-13(2-4-14)12-27(24,25)22-7-9-26-10-8-22/h1-6,11H,7-10,12H2,(H,21,23). The summed E-state index contributed by atoms with van der Waals surface area (Å²) in [5, 5.41) is 2.35. The van der Waals surface area contributed by atoms with Gasteiger partial charge in [-0.25, -0.2) is 17.2 Å². The third-order valence-corrected chi connectivity index (χ3v) is 5.96. The SMILES string of the molecule is O=C(Nc1ccc(F)cc1F)c1ccc(CS(=O)(=O)N2CCOCC2)cc1. The third-order valence-electron chi connectivity index (χ3n) is 4.11. The van der Waals surface area contributed by atoms with E-state index in [1.165, 1.54) is 28.6 Å². The van der Waals surface area contributed by atoms with Crippen molar-refractivity contribution in [3.8, 4) is 0 Å². The van der Waals surface area contributed by atoms with Crippen molar-refractivity contribution >= 4 is 21.6 Å². The number of nitrogens with one attached hydrogen (secondary N) is 1. The first-order valence-corrected chi connectivity index (χ1v) is 9.87. The molecule has 0 aliphatic carbocycles. The summed E-state index contributed by atoms with van der Waals surface area (Å²) in [6.45, 7) is 1.40. The van der Waals surface area contributed by atoms with Crippen LogP contribution in [0.5, 0.6) is 0 Å². The van der Waals surface area contributed by atoms with Crippen molar-refractivity contribution in [1.29, 1.82) is 0 Å². The van der Waals surface area contributed by atoms with Gasteiger partial charge in [-0.2, -0.15) is 4.31 Å². The van der Waals surface area contributed by atoms with Gasteiger partial charge in [-0.15, -0.1) is 0 Å². The fraction of sp³-hybridized carbons (Fsp3) is 0.278. The summed E-state index contributed by atoms with van der Waals surface area (Å²) in [5.74, 6) is -2.38. The number of ether oxygens (including phenoxy) is 1. The zero-order chi connectivity index (χ0) is 19.4. The van der Waals surface area contributed by atoms with Crippen molar-refractivity contribution in [2.75, 3.05) is 31.6 Å². The Hall–Kier alpha value is -2.36. The molecular formula is C18H18F2N2O4S. The Kier molecular flexibility index (Phi) is 5.83. The van der Waals surface area contributed by atoms with Gasteiger partial charge in [0, 0.05) is 24.7 Å². The number of rotatable bonds is 5. The Morgan fingerprint density at radius 2 is 1.74 bits per heavy atom. The highest BCUT2D eigenvalue weighted by Crippen LogP contribution is 2.17. The molecular weight excluding hydrogens is 378 g/mol. The molecule has 27 heavy (non-hydrogen) atoms. The fourth-order valence-electron chi connectivity index (χ4n) is 2.66. The molecule has 0 radical (unpaired) electrons. The minimum Gasteiger partial charge on any atom is -0.379 e. The monoisotopic (exact) mass is 396 g/mol. The molecule has 1 aliphatic heterocycles. The zero-order valence-corrected chi connectivity index (χ0v) is 15.1. The number of benzene rings is 2. The molecule has 1 saturated heterocycles. The fourth-order valence-corrected chi connectivity index (χ4v) is 4.17. The molecule has 3 rings (SSSR count). The van der Waals surface area contributed by atoms with E-state index in [1.54, 1.807) is 0 Å². The van der Waals surface area contributed by atoms with E-state index in [9.17, 15) is 22.0 Å². The van der Waals surface area contributed by atoms with Gasteiger partial charge in [0.15, 0.2) is 0 Å². The lowest BCUT2D eigenvalue weighted by Gasteiger charge is -2.26. The first-order chi connectivity index (χ1) is 12.8. The van der Waals surface area contributed by atoms with Crippen LogP contribution in [0.2, 0.25) is 0 Å². The number of halogens is 2. The average molecular weight is 396 g/mol. The molecule has 0 unspecified atom stereocenters. The van der Waals surface area contributed by atoms with Crippen molar-refractivity contribution in [2.24, 2.45) is 0 Å². The van der Waals surface area contributed by atoms with Crippen molar-refractivity contribution in [3.63, 3.8) is 0 Å². The van der Waals surface area contributed by atoms with E-state index in [0.717, 1.165) is 12.1 Å². The number of hydrogen-bond donors (Lipinski definition) is 1. The van der Waals surface area contributed by atoms with Gasteiger partial charge in [0.05, 0.1) is 24.7 Å². The summed E-state index contributed by atoms with van der Waals surface area (Å²) >= 11 is 0. The maximum atomic E-state index is 13.6. The van der Waals surface area contributed by atoms with Crippen LogP contribution in [-0.4, -0.2) is 44.9 Å². The van der Waals surface area contributed by atoms with Crippen molar-refractivity contribution in [3.05, 3.63) is 65.2 Å². The lowest BCUT2D eigenvalue weighted by Crippen LogP contribution is -2.41. The first-order valence-electron chi connectivity index (χ1n) is 8.26. The van der Waals surface area contributed by atoms with E-state index in [-0.39, 0.29) is 17.0 Å². The summed E-state index contributed by atoms with van der Waals surface area (Å²) < 4.78 is 57.9. The number of morpholine rings is 1. The summed E-state index contributed by atoms with van der Waals surface area (Å²) in [7, 11) is -3.46. The molecule has 6 nitrogen and oxygen atoms in total. The van der Waals surface area contributed by atoms with E-state index >= 15 is 0 Å². The van der Waals surface area contributed by atoms with Gasteiger partial charge in [0.1, 0.15) is 11.6 Å². The molecule has 2 aromatic rings. The van der Waals surface area contributed by atoms with Crippen LogP contribution in [0.25, 0.3) is 0 Å². The molecule has 1 amide bonds. The van der Waals surface area contributed by atoms with Gasteiger partial charge < -0.3 is 10.1 Å². The highest BCUT2D eigenvalue weighted by atomic mass is 32.2. The molecule has 0 spiro atoms. The van der Waals surface area contributed by atoms with Gasteiger partial charge in [0.25, 0.3) is 5.91 Å². The molecule has 1 N–H and O–H groups in total. The lowest BCUT2D eigenvalue weighted by molar-refractivity contribution is 0.0729. The largest absolute Gasteiger partial charge is 0.379 e.